The molecule has 21 heavy (non-hydrogen) atoms. The van der Waals surface area contributed by atoms with E-state index in [1.54, 1.807) is 11.3 Å². The lowest BCUT2D eigenvalue weighted by molar-refractivity contribution is 0.142. The van der Waals surface area contributed by atoms with Gasteiger partial charge in [-0.3, -0.25) is 4.99 Å². The average molecular weight is 422 g/mol. The third-order valence-corrected chi connectivity index (χ3v) is 4.81. The molecule has 1 atom stereocenters. The van der Waals surface area contributed by atoms with Crippen LogP contribution in [-0.4, -0.2) is 36.0 Å². The fourth-order valence-corrected chi connectivity index (χ4v) is 3.69. The van der Waals surface area contributed by atoms with Crippen LogP contribution in [0.2, 0.25) is 0 Å². The van der Waals surface area contributed by atoms with Gasteiger partial charge in [0.25, 0.3) is 0 Å². The predicted molar refractivity (Wildman–Crippen MR) is 102 cm³/mol. The zero-order chi connectivity index (χ0) is 14.4. The summed E-state index contributed by atoms with van der Waals surface area (Å²) in [7, 11) is 1.87. The zero-order valence-electron chi connectivity index (χ0n) is 13.3. The number of hydrogen-bond acceptors (Lipinski definition) is 3. The molecule has 0 amide bonds. The average Bonchev–Trinajstić information content (AvgIpc) is 2.93. The van der Waals surface area contributed by atoms with Gasteiger partial charge in [0.2, 0.25) is 0 Å². The Hall–Kier alpha value is -0.370. The van der Waals surface area contributed by atoms with Gasteiger partial charge in [-0.2, -0.15) is 0 Å². The van der Waals surface area contributed by atoms with Gasteiger partial charge in [-0.05, 0) is 24.7 Å². The second-order valence-corrected chi connectivity index (χ2v) is 6.89. The maximum atomic E-state index is 4.45. The molecule has 1 N–H and O–H groups in total. The molecule has 1 aromatic rings. The monoisotopic (exact) mass is 422 g/mol. The van der Waals surface area contributed by atoms with Crippen LogP contribution in [0.15, 0.2) is 16.6 Å². The van der Waals surface area contributed by atoms with Crippen molar-refractivity contribution >= 4 is 41.3 Å². The van der Waals surface area contributed by atoms with Crippen LogP contribution in [0, 0.1) is 5.41 Å². The molecule has 1 unspecified atom stereocenters. The molecule has 120 valence electrons. The molecule has 1 saturated heterocycles. The van der Waals surface area contributed by atoms with Gasteiger partial charge in [0, 0.05) is 31.7 Å². The molecule has 0 bridgehead atoms. The summed E-state index contributed by atoms with van der Waals surface area (Å²) in [5, 5.41) is 6.57. The quantitative estimate of drug-likeness (QED) is 0.457. The Bertz CT molecular complexity index is 431. The first-order chi connectivity index (χ1) is 9.67. The maximum absolute atomic E-state index is 4.45. The molecule has 1 aliphatic heterocycles. The minimum atomic E-state index is 0. The summed E-state index contributed by atoms with van der Waals surface area (Å²) >= 11 is 1.68. The van der Waals surface area contributed by atoms with Crippen LogP contribution in [-0.2, 0) is 6.54 Å². The lowest BCUT2D eigenvalue weighted by Crippen LogP contribution is -2.49. The highest BCUT2D eigenvalue weighted by Gasteiger charge is 2.31. The van der Waals surface area contributed by atoms with E-state index in [1.807, 2.05) is 18.6 Å². The highest BCUT2D eigenvalue weighted by atomic mass is 127. The van der Waals surface area contributed by atoms with E-state index in [4.69, 9.17) is 0 Å². The minimum Gasteiger partial charge on any atom is -0.350 e. The molecule has 1 aromatic heterocycles. The molecule has 0 saturated carbocycles. The Morgan fingerprint density at radius 3 is 3.00 bits per heavy atom. The Morgan fingerprint density at radius 2 is 2.38 bits per heavy atom. The van der Waals surface area contributed by atoms with Crippen molar-refractivity contribution in [3.05, 3.63) is 16.6 Å². The summed E-state index contributed by atoms with van der Waals surface area (Å²) in [6.45, 7) is 7.68. The highest BCUT2D eigenvalue weighted by molar-refractivity contribution is 14.0. The summed E-state index contributed by atoms with van der Waals surface area (Å²) in [5.41, 5.74) is 0.436. The number of guanidine groups is 1. The first-order valence-electron chi connectivity index (χ1n) is 7.51. The van der Waals surface area contributed by atoms with E-state index in [9.17, 15) is 0 Å². The van der Waals surface area contributed by atoms with Gasteiger partial charge in [0.05, 0.1) is 6.54 Å². The first-order valence-corrected chi connectivity index (χ1v) is 8.39. The van der Waals surface area contributed by atoms with Crippen molar-refractivity contribution in [3.8, 4) is 0 Å². The number of rotatable bonds is 4. The van der Waals surface area contributed by atoms with Crippen molar-refractivity contribution in [2.45, 2.75) is 46.1 Å². The minimum absolute atomic E-state index is 0. The maximum Gasteiger partial charge on any atom is 0.194 e. The number of likely N-dealkylation sites (tertiary alicyclic amines) is 1. The van der Waals surface area contributed by atoms with Crippen molar-refractivity contribution in [1.29, 1.82) is 0 Å². The molecule has 1 aliphatic rings. The van der Waals surface area contributed by atoms with Gasteiger partial charge < -0.3 is 10.2 Å². The Morgan fingerprint density at radius 1 is 1.57 bits per heavy atom. The fraction of sp³-hybridized carbons (Fsp3) is 0.733. The second kappa shape index (κ2) is 8.92. The van der Waals surface area contributed by atoms with E-state index in [0.717, 1.165) is 30.6 Å². The van der Waals surface area contributed by atoms with Crippen LogP contribution < -0.4 is 5.32 Å². The molecule has 0 aromatic carbocycles. The van der Waals surface area contributed by atoms with Gasteiger partial charge in [0.1, 0.15) is 5.01 Å². The van der Waals surface area contributed by atoms with Gasteiger partial charge in [-0.25, -0.2) is 4.98 Å². The molecule has 2 heterocycles. The van der Waals surface area contributed by atoms with Crippen LogP contribution in [0.3, 0.4) is 0 Å². The number of nitrogens with zero attached hydrogens (tertiary/aromatic N) is 3. The molecular weight excluding hydrogens is 395 g/mol. The molecule has 2 rings (SSSR count). The van der Waals surface area contributed by atoms with E-state index in [1.165, 1.54) is 25.7 Å². The molecule has 4 nitrogen and oxygen atoms in total. The fourth-order valence-electron chi connectivity index (χ4n) is 3.13. The molecule has 6 heteroatoms. The van der Waals surface area contributed by atoms with Gasteiger partial charge >= 0.3 is 0 Å². The SMILES string of the molecule is CCCC1(C)CCCN(C(=NC)NCc2nccs2)C1.I. The van der Waals surface area contributed by atoms with Crippen molar-refractivity contribution in [1.82, 2.24) is 15.2 Å². The zero-order valence-corrected chi connectivity index (χ0v) is 16.4. The topological polar surface area (TPSA) is 40.5 Å². The van der Waals surface area contributed by atoms with Gasteiger partial charge in [-0.1, -0.05) is 20.3 Å². The number of piperidine rings is 1. The standard InChI is InChI=1S/C15H26N4S.HI/c1-4-6-15(2)7-5-9-19(12-15)14(16-3)18-11-13-17-8-10-20-13;/h8,10H,4-7,9,11-12H2,1-3H3,(H,16,18);1H. The first kappa shape index (κ1) is 18.7. The van der Waals surface area contributed by atoms with Crippen LogP contribution in [0.5, 0.6) is 0 Å². The Labute approximate surface area is 149 Å². The van der Waals surface area contributed by atoms with E-state index in [0.29, 0.717) is 5.41 Å². The normalized spacial score (nSPS) is 22.8. The molecule has 0 aliphatic carbocycles. The van der Waals surface area contributed by atoms with Gasteiger partial charge in [0.15, 0.2) is 5.96 Å². The van der Waals surface area contributed by atoms with E-state index < -0.39 is 0 Å². The predicted octanol–water partition coefficient (Wildman–Crippen LogP) is 3.74. The largest absolute Gasteiger partial charge is 0.350 e. The number of aliphatic imine (C=N–C) groups is 1. The van der Waals surface area contributed by atoms with Crippen LogP contribution in [0.4, 0.5) is 0 Å². The summed E-state index contributed by atoms with van der Waals surface area (Å²) < 4.78 is 0. The van der Waals surface area contributed by atoms with Gasteiger partial charge in [-0.15, -0.1) is 35.3 Å². The smallest absolute Gasteiger partial charge is 0.194 e. The highest BCUT2D eigenvalue weighted by Crippen LogP contribution is 2.33. The van der Waals surface area contributed by atoms with Crippen LogP contribution in [0.25, 0.3) is 0 Å². The molecular formula is C15H27IN4S. The lowest BCUT2D eigenvalue weighted by Gasteiger charge is -2.42. The van der Waals surface area contributed by atoms with E-state index in [2.05, 4.69) is 34.0 Å². The third kappa shape index (κ3) is 5.39. The number of aromatic nitrogens is 1. The number of nitrogens with one attached hydrogen (secondary N) is 1. The number of halogens is 1. The Balaban J connectivity index is 0.00000220. The summed E-state index contributed by atoms with van der Waals surface area (Å²) in [6.07, 6.45) is 7.00. The number of hydrogen-bond donors (Lipinski definition) is 1. The van der Waals surface area contributed by atoms with Crippen molar-refractivity contribution in [2.75, 3.05) is 20.1 Å². The lowest BCUT2D eigenvalue weighted by atomic mass is 9.78. The third-order valence-electron chi connectivity index (χ3n) is 4.03. The second-order valence-electron chi connectivity index (χ2n) is 5.91. The Kier molecular flexibility index (Phi) is 7.94. The number of thiazole rings is 1. The van der Waals surface area contributed by atoms with Crippen LogP contribution in [0.1, 0.15) is 44.5 Å². The summed E-state index contributed by atoms with van der Waals surface area (Å²) in [5.74, 6) is 1.02. The van der Waals surface area contributed by atoms with Crippen molar-refractivity contribution < 1.29 is 0 Å². The summed E-state index contributed by atoms with van der Waals surface area (Å²) in [4.78, 5) is 11.2. The van der Waals surface area contributed by atoms with Crippen LogP contribution >= 0.6 is 35.3 Å². The summed E-state index contributed by atoms with van der Waals surface area (Å²) in [6, 6.07) is 0. The van der Waals surface area contributed by atoms with E-state index >= 15 is 0 Å². The molecule has 1 fully saturated rings. The molecule has 0 radical (unpaired) electrons. The van der Waals surface area contributed by atoms with E-state index in [-0.39, 0.29) is 24.0 Å². The molecule has 0 spiro atoms. The van der Waals surface area contributed by atoms with Crippen molar-refractivity contribution in [2.24, 2.45) is 10.4 Å². The van der Waals surface area contributed by atoms with Crippen molar-refractivity contribution in [3.63, 3.8) is 0 Å².